The van der Waals surface area contributed by atoms with Crippen LogP contribution in [0.5, 0.6) is 0 Å². The smallest absolute Gasteiger partial charge is 0.350 e. The minimum absolute atomic E-state index is 0.0550. The van der Waals surface area contributed by atoms with E-state index < -0.39 is 72.3 Å². The molecular weight excluding hydrogens is 744 g/mol. The topological polar surface area (TPSA) is 208 Å². The molecule has 0 aromatic carbocycles. The second-order valence-corrected chi connectivity index (χ2v) is 16.6. The summed E-state index contributed by atoms with van der Waals surface area (Å²) in [5, 5.41) is 60.3. The van der Waals surface area contributed by atoms with Crippen LogP contribution in [0.2, 0.25) is 0 Å². The van der Waals surface area contributed by atoms with E-state index in [-0.39, 0.29) is 12.8 Å². The van der Waals surface area contributed by atoms with Crippen molar-refractivity contribution in [1.82, 2.24) is 0 Å². The molecule has 6 unspecified atom stereocenters. The summed E-state index contributed by atoms with van der Waals surface area (Å²) in [5.74, 6) is -8.20. The van der Waals surface area contributed by atoms with Crippen LogP contribution in [0.15, 0.2) is 12.2 Å². The van der Waals surface area contributed by atoms with Gasteiger partial charge in [0.05, 0.1) is 37.3 Å². The Bertz CT molecular complexity index is 1110. The first-order valence-electron chi connectivity index (χ1n) is 23.0. The third-order valence-electron chi connectivity index (χ3n) is 11.4. The zero-order valence-electron chi connectivity index (χ0n) is 36.8. The van der Waals surface area contributed by atoms with E-state index in [4.69, 9.17) is 9.47 Å². The van der Waals surface area contributed by atoms with Crippen LogP contribution in [0.4, 0.5) is 0 Å². The van der Waals surface area contributed by atoms with E-state index in [0.29, 0.717) is 25.7 Å². The molecule has 0 heterocycles. The van der Waals surface area contributed by atoms with E-state index in [0.717, 1.165) is 65.2 Å². The average Bonchev–Trinajstić information content (AvgIpc) is 3.20. The fourth-order valence-electron chi connectivity index (χ4n) is 7.03. The van der Waals surface area contributed by atoms with Gasteiger partial charge in [-0.05, 0) is 52.4 Å². The molecule has 0 saturated heterocycles. The van der Waals surface area contributed by atoms with Crippen LogP contribution in [0, 0.1) is 11.8 Å². The number of hydrogen-bond donors (Lipinski definition) is 6. The molecular formula is C46H84O12. The summed E-state index contributed by atoms with van der Waals surface area (Å²) in [5.41, 5.74) is -5.59. The summed E-state index contributed by atoms with van der Waals surface area (Å²) in [6.07, 6.45) is 28.7. The predicted molar refractivity (Wildman–Crippen MR) is 226 cm³/mol. The highest BCUT2D eigenvalue weighted by molar-refractivity contribution is 5.96. The van der Waals surface area contributed by atoms with E-state index in [1.54, 1.807) is 0 Å². The van der Waals surface area contributed by atoms with Crippen molar-refractivity contribution in [3.63, 3.8) is 0 Å². The van der Waals surface area contributed by atoms with E-state index in [1.807, 2.05) is 0 Å². The van der Waals surface area contributed by atoms with Crippen molar-refractivity contribution in [3.05, 3.63) is 12.2 Å². The first-order chi connectivity index (χ1) is 27.8. The van der Waals surface area contributed by atoms with E-state index >= 15 is 0 Å². The number of carbonyl (C=O) groups excluding carboxylic acids is 4. The van der Waals surface area contributed by atoms with Gasteiger partial charge in [0.25, 0.3) is 0 Å². The molecule has 0 amide bonds. The maximum Gasteiger partial charge on any atom is 0.350 e. The van der Waals surface area contributed by atoms with Crippen LogP contribution in [-0.2, 0) is 28.7 Å². The number of unbranched alkanes of at least 4 members (excludes halogenated alkanes) is 23. The van der Waals surface area contributed by atoms with Crippen molar-refractivity contribution in [2.24, 2.45) is 11.8 Å². The molecule has 0 fully saturated rings. The normalized spacial score (nSPS) is 16.0. The van der Waals surface area contributed by atoms with Gasteiger partial charge in [0, 0.05) is 0 Å². The molecule has 340 valence electrons. The van der Waals surface area contributed by atoms with Gasteiger partial charge in [-0.15, -0.1) is 0 Å². The maximum absolute atomic E-state index is 13.7. The quantitative estimate of drug-likeness (QED) is 0.0151. The molecule has 0 aliphatic heterocycles. The second kappa shape index (κ2) is 34.5. The first kappa shape index (κ1) is 55.8. The molecule has 0 aromatic heterocycles. The van der Waals surface area contributed by atoms with Gasteiger partial charge in [0.15, 0.2) is 0 Å². The van der Waals surface area contributed by atoms with Crippen molar-refractivity contribution in [2.45, 2.75) is 231 Å². The molecule has 12 nitrogen and oxygen atoms in total. The average molecular weight is 829 g/mol. The van der Waals surface area contributed by atoms with Crippen molar-refractivity contribution >= 4 is 23.9 Å². The summed E-state index contributed by atoms with van der Waals surface area (Å²) in [6.45, 7) is 4.07. The van der Waals surface area contributed by atoms with E-state index in [9.17, 15) is 49.8 Å². The van der Waals surface area contributed by atoms with Crippen LogP contribution >= 0.6 is 0 Å². The molecule has 0 spiro atoms. The fourth-order valence-corrected chi connectivity index (χ4v) is 7.03. The summed E-state index contributed by atoms with van der Waals surface area (Å²) < 4.78 is 10.0. The van der Waals surface area contributed by atoms with E-state index in [1.165, 1.54) is 89.9 Å². The van der Waals surface area contributed by atoms with Gasteiger partial charge in [0.2, 0.25) is 11.2 Å². The number of ether oxygens (including phenoxy) is 2. The number of rotatable bonds is 38. The molecule has 0 aromatic rings. The van der Waals surface area contributed by atoms with Gasteiger partial charge in [-0.2, -0.15) is 0 Å². The Hall–Kier alpha value is -2.22. The minimum Gasteiger partial charge on any atom is -0.393 e. The number of esters is 4. The molecule has 6 atom stereocenters. The monoisotopic (exact) mass is 829 g/mol. The van der Waals surface area contributed by atoms with Crippen LogP contribution < -0.4 is 0 Å². The van der Waals surface area contributed by atoms with Crippen LogP contribution in [0.25, 0.3) is 0 Å². The molecule has 58 heavy (non-hydrogen) atoms. The van der Waals surface area contributed by atoms with Crippen LogP contribution in [-0.4, -0.2) is 91.1 Å². The van der Waals surface area contributed by atoms with Crippen molar-refractivity contribution in [1.29, 1.82) is 0 Å². The van der Waals surface area contributed by atoms with Gasteiger partial charge in [0.1, 0.15) is 0 Å². The van der Waals surface area contributed by atoms with E-state index in [2.05, 4.69) is 26.0 Å². The highest BCUT2D eigenvalue weighted by Crippen LogP contribution is 2.30. The van der Waals surface area contributed by atoms with Crippen LogP contribution in [0.3, 0.4) is 0 Å². The standard InChI is InChI=1S/C46H84O12/c1-5-7-9-11-13-15-17-19-21-23-25-27-29-31-33-39(41(51)57-43(53)45(55,35-47)37(3)49)40(42(52)58-44(54)46(56,36-48)38(4)50)34-32-30-28-26-24-22-20-18-16-14-12-10-8-6-2/h19,21,37-40,47-50,55-56H,5-18,20,22-36H2,1-4H3/b21-19-. The SMILES string of the molecule is CCCCCCCC/C=C\CCCCCCC(C(=O)OC(=O)C(O)(CO)C(C)O)C(CCCCCCCCCCCCCCCC)C(=O)OC(=O)C(O)(CO)C(C)O. The minimum atomic E-state index is -2.79. The lowest BCUT2D eigenvalue weighted by Gasteiger charge is -2.29. The number of aliphatic hydroxyl groups is 6. The largest absolute Gasteiger partial charge is 0.393 e. The first-order valence-corrected chi connectivity index (χ1v) is 23.0. The lowest BCUT2D eigenvalue weighted by atomic mass is 9.83. The molecule has 6 N–H and O–H groups in total. The highest BCUT2D eigenvalue weighted by atomic mass is 16.6. The molecule has 0 saturated carbocycles. The van der Waals surface area contributed by atoms with Gasteiger partial charge < -0.3 is 40.1 Å². The molecule has 0 radical (unpaired) electrons. The number of hydrogen-bond acceptors (Lipinski definition) is 12. The lowest BCUT2D eigenvalue weighted by molar-refractivity contribution is -0.195. The highest BCUT2D eigenvalue weighted by Gasteiger charge is 2.47. The van der Waals surface area contributed by atoms with Crippen molar-refractivity contribution in [3.8, 4) is 0 Å². The molecule has 0 bridgehead atoms. The summed E-state index contributed by atoms with van der Waals surface area (Å²) in [4.78, 5) is 53.2. The Morgan fingerprint density at radius 3 is 0.983 bits per heavy atom. The van der Waals surface area contributed by atoms with Gasteiger partial charge >= 0.3 is 23.9 Å². The molecule has 0 aliphatic carbocycles. The van der Waals surface area contributed by atoms with Crippen LogP contribution in [0.1, 0.15) is 207 Å². The van der Waals surface area contributed by atoms with Crippen molar-refractivity contribution in [2.75, 3.05) is 13.2 Å². The van der Waals surface area contributed by atoms with Gasteiger partial charge in [-0.3, -0.25) is 9.59 Å². The van der Waals surface area contributed by atoms with Gasteiger partial charge in [-0.1, -0.05) is 167 Å². The Labute approximate surface area is 350 Å². The Morgan fingerprint density at radius 1 is 0.466 bits per heavy atom. The van der Waals surface area contributed by atoms with Gasteiger partial charge in [-0.25, -0.2) is 9.59 Å². The predicted octanol–water partition coefficient (Wildman–Crippen LogP) is 8.09. The summed E-state index contributed by atoms with van der Waals surface area (Å²) >= 11 is 0. The maximum atomic E-state index is 13.7. The Morgan fingerprint density at radius 2 is 0.724 bits per heavy atom. The number of allylic oxidation sites excluding steroid dienone is 2. The number of aliphatic hydroxyl groups excluding tert-OH is 4. The van der Waals surface area contributed by atoms with Crippen molar-refractivity contribution < 1.29 is 59.3 Å². The molecule has 0 rings (SSSR count). The lowest BCUT2D eigenvalue weighted by Crippen LogP contribution is -2.54. The second-order valence-electron chi connectivity index (χ2n) is 16.6. The Kier molecular flexibility index (Phi) is 33.2. The zero-order valence-corrected chi connectivity index (χ0v) is 36.8. The zero-order chi connectivity index (χ0) is 43.7. The third kappa shape index (κ3) is 23.5. The summed E-state index contributed by atoms with van der Waals surface area (Å²) in [6, 6.07) is 0. The fraction of sp³-hybridized carbons (Fsp3) is 0.870. The summed E-state index contributed by atoms with van der Waals surface area (Å²) in [7, 11) is 0. The molecule has 0 aliphatic rings. The Balaban J connectivity index is 5.68. The molecule has 12 heteroatoms. The third-order valence-corrected chi connectivity index (χ3v) is 11.4. The number of carbonyl (C=O) groups is 4.